The van der Waals surface area contributed by atoms with E-state index in [0.29, 0.717) is 16.5 Å². The van der Waals surface area contributed by atoms with Crippen molar-refractivity contribution < 1.29 is 13.2 Å². The van der Waals surface area contributed by atoms with Crippen molar-refractivity contribution in [2.24, 2.45) is 0 Å². The van der Waals surface area contributed by atoms with Gasteiger partial charge in [-0.1, -0.05) is 35.5 Å². The predicted molar refractivity (Wildman–Crippen MR) is 103 cm³/mol. The number of sulfonamides is 1. The molecule has 0 aliphatic carbocycles. The molecule has 1 amide bonds. The first-order chi connectivity index (χ1) is 13.3. The Labute approximate surface area is 161 Å². The van der Waals surface area contributed by atoms with Crippen LogP contribution in [-0.4, -0.2) is 47.7 Å². The van der Waals surface area contributed by atoms with Crippen LogP contribution >= 0.6 is 0 Å². The minimum absolute atomic E-state index is 0.00215. The normalized spacial score (nSPS) is 11.7. The van der Waals surface area contributed by atoms with E-state index in [9.17, 15) is 18.0 Å². The number of hydrogen-bond acceptors (Lipinski definition) is 6. The predicted octanol–water partition coefficient (Wildman–Crippen LogP) is 0.358. The number of rotatable bonds is 6. The Balaban J connectivity index is 1.76. The standard InChI is InChI=1S/C18H19N5O4S/c1-22(2)28(26,27)16-10-6-3-7-13(16)11-19-17(24)12-23-18(25)14-8-4-5-9-15(14)20-21-23/h3-10H,11-12H2,1-2H3,(H,19,24). The van der Waals surface area contributed by atoms with Crippen molar-refractivity contribution in [3.63, 3.8) is 0 Å². The lowest BCUT2D eigenvalue weighted by molar-refractivity contribution is -0.122. The van der Waals surface area contributed by atoms with Crippen LogP contribution in [0.4, 0.5) is 0 Å². The summed E-state index contributed by atoms with van der Waals surface area (Å²) in [6.07, 6.45) is 0. The lowest BCUT2D eigenvalue weighted by atomic mass is 10.2. The van der Waals surface area contributed by atoms with Crippen LogP contribution in [0.1, 0.15) is 5.56 Å². The number of fused-ring (bicyclic) bond motifs is 1. The van der Waals surface area contributed by atoms with Crippen LogP contribution in [0.25, 0.3) is 10.9 Å². The van der Waals surface area contributed by atoms with Crippen molar-refractivity contribution in [3.8, 4) is 0 Å². The van der Waals surface area contributed by atoms with Gasteiger partial charge in [-0.15, -0.1) is 5.10 Å². The molecule has 1 heterocycles. The summed E-state index contributed by atoms with van der Waals surface area (Å²) in [6, 6.07) is 13.1. The summed E-state index contributed by atoms with van der Waals surface area (Å²) in [5, 5.41) is 10.7. The Hall–Kier alpha value is -3.11. The average molecular weight is 401 g/mol. The van der Waals surface area contributed by atoms with E-state index in [-0.39, 0.29) is 18.0 Å². The van der Waals surface area contributed by atoms with Crippen LogP contribution in [0.15, 0.2) is 58.2 Å². The van der Waals surface area contributed by atoms with Crippen LogP contribution < -0.4 is 10.9 Å². The van der Waals surface area contributed by atoms with Crippen molar-refractivity contribution in [2.75, 3.05) is 14.1 Å². The van der Waals surface area contributed by atoms with Gasteiger partial charge < -0.3 is 5.32 Å². The van der Waals surface area contributed by atoms with E-state index in [4.69, 9.17) is 0 Å². The highest BCUT2D eigenvalue weighted by Crippen LogP contribution is 2.18. The van der Waals surface area contributed by atoms with Crippen molar-refractivity contribution in [2.45, 2.75) is 18.0 Å². The Morgan fingerprint density at radius 3 is 2.54 bits per heavy atom. The maximum atomic E-state index is 12.4. The quantitative estimate of drug-likeness (QED) is 0.638. The summed E-state index contributed by atoms with van der Waals surface area (Å²) >= 11 is 0. The molecule has 9 nitrogen and oxygen atoms in total. The molecule has 0 aliphatic heterocycles. The molecule has 0 atom stereocenters. The maximum Gasteiger partial charge on any atom is 0.278 e. The van der Waals surface area contributed by atoms with Crippen LogP contribution in [-0.2, 0) is 27.9 Å². The highest BCUT2D eigenvalue weighted by Gasteiger charge is 2.21. The molecule has 10 heteroatoms. The number of nitrogens with zero attached hydrogens (tertiary/aromatic N) is 4. The van der Waals surface area contributed by atoms with Gasteiger partial charge in [0.1, 0.15) is 12.1 Å². The zero-order chi connectivity index (χ0) is 20.3. The van der Waals surface area contributed by atoms with Crippen molar-refractivity contribution >= 4 is 26.8 Å². The fraction of sp³-hybridized carbons (Fsp3) is 0.222. The number of carbonyl (C=O) groups is 1. The summed E-state index contributed by atoms with van der Waals surface area (Å²) in [5.41, 5.74) is 0.477. The minimum Gasteiger partial charge on any atom is -0.350 e. The molecule has 0 bridgehead atoms. The molecule has 146 valence electrons. The largest absolute Gasteiger partial charge is 0.350 e. The lowest BCUT2D eigenvalue weighted by Crippen LogP contribution is -2.34. The Morgan fingerprint density at radius 1 is 1.11 bits per heavy atom. The molecular formula is C18H19N5O4S. The van der Waals surface area contributed by atoms with Gasteiger partial charge in [0.2, 0.25) is 15.9 Å². The third-order valence-electron chi connectivity index (χ3n) is 4.13. The molecule has 2 aromatic carbocycles. The highest BCUT2D eigenvalue weighted by molar-refractivity contribution is 7.89. The third-order valence-corrected chi connectivity index (χ3v) is 6.05. The monoisotopic (exact) mass is 401 g/mol. The number of carbonyl (C=O) groups excluding carboxylic acids is 1. The molecule has 0 spiro atoms. The van der Waals surface area contributed by atoms with Gasteiger partial charge in [-0.25, -0.2) is 17.4 Å². The Bertz CT molecular complexity index is 1190. The van der Waals surface area contributed by atoms with E-state index in [1.807, 2.05) is 0 Å². The van der Waals surface area contributed by atoms with Gasteiger partial charge >= 0.3 is 0 Å². The summed E-state index contributed by atoms with van der Waals surface area (Å²) < 4.78 is 26.9. The number of aromatic nitrogens is 3. The zero-order valence-corrected chi connectivity index (χ0v) is 16.2. The van der Waals surface area contributed by atoms with Gasteiger partial charge in [0.15, 0.2) is 0 Å². The maximum absolute atomic E-state index is 12.4. The number of nitrogens with one attached hydrogen (secondary N) is 1. The molecule has 1 N–H and O–H groups in total. The Kier molecular flexibility index (Phi) is 5.52. The number of amides is 1. The van der Waals surface area contributed by atoms with E-state index in [2.05, 4.69) is 15.6 Å². The SMILES string of the molecule is CN(C)S(=O)(=O)c1ccccc1CNC(=O)Cn1nnc2ccccc2c1=O. The molecule has 3 rings (SSSR count). The van der Waals surface area contributed by atoms with E-state index in [1.165, 1.54) is 20.2 Å². The van der Waals surface area contributed by atoms with E-state index in [0.717, 1.165) is 8.99 Å². The van der Waals surface area contributed by atoms with Crippen LogP contribution in [0.2, 0.25) is 0 Å². The van der Waals surface area contributed by atoms with E-state index < -0.39 is 21.5 Å². The second kappa shape index (κ2) is 7.87. The van der Waals surface area contributed by atoms with Crippen LogP contribution in [0.5, 0.6) is 0 Å². The molecule has 0 fully saturated rings. The van der Waals surface area contributed by atoms with Gasteiger partial charge in [0.25, 0.3) is 5.56 Å². The summed E-state index contributed by atoms with van der Waals surface area (Å²) in [5.74, 6) is -0.483. The van der Waals surface area contributed by atoms with E-state index >= 15 is 0 Å². The minimum atomic E-state index is -3.64. The topological polar surface area (TPSA) is 114 Å². The van der Waals surface area contributed by atoms with Crippen LogP contribution in [0, 0.1) is 0 Å². The molecule has 0 radical (unpaired) electrons. The third kappa shape index (κ3) is 3.92. The molecular weight excluding hydrogens is 382 g/mol. The zero-order valence-electron chi connectivity index (χ0n) is 15.4. The Morgan fingerprint density at radius 2 is 1.79 bits per heavy atom. The molecule has 0 saturated carbocycles. The molecule has 0 aliphatic rings. The van der Waals surface area contributed by atoms with Crippen molar-refractivity contribution in [3.05, 3.63) is 64.4 Å². The molecule has 28 heavy (non-hydrogen) atoms. The molecule has 3 aromatic rings. The molecule has 1 aromatic heterocycles. The van der Waals surface area contributed by atoms with Gasteiger partial charge in [-0.3, -0.25) is 9.59 Å². The van der Waals surface area contributed by atoms with Crippen LogP contribution in [0.3, 0.4) is 0 Å². The fourth-order valence-corrected chi connectivity index (χ4v) is 3.73. The van der Waals surface area contributed by atoms with Gasteiger partial charge in [0.05, 0.1) is 10.3 Å². The summed E-state index contributed by atoms with van der Waals surface area (Å²) in [7, 11) is -0.761. The first kappa shape index (κ1) is 19.6. The smallest absolute Gasteiger partial charge is 0.278 e. The second-order valence-corrected chi connectivity index (χ2v) is 8.36. The average Bonchev–Trinajstić information content (AvgIpc) is 2.69. The lowest BCUT2D eigenvalue weighted by Gasteiger charge is -2.15. The fourth-order valence-electron chi connectivity index (χ4n) is 2.61. The second-order valence-electron chi connectivity index (χ2n) is 6.24. The highest BCUT2D eigenvalue weighted by atomic mass is 32.2. The van der Waals surface area contributed by atoms with Gasteiger partial charge in [0, 0.05) is 20.6 Å². The summed E-state index contributed by atoms with van der Waals surface area (Å²) in [4.78, 5) is 24.8. The first-order valence-electron chi connectivity index (χ1n) is 8.40. The van der Waals surface area contributed by atoms with E-state index in [1.54, 1.807) is 42.5 Å². The van der Waals surface area contributed by atoms with Crippen molar-refractivity contribution in [1.29, 1.82) is 0 Å². The number of hydrogen-bond donors (Lipinski definition) is 1. The number of benzene rings is 2. The molecule has 0 unspecified atom stereocenters. The van der Waals surface area contributed by atoms with Gasteiger partial charge in [-0.05, 0) is 23.8 Å². The van der Waals surface area contributed by atoms with Gasteiger partial charge in [-0.2, -0.15) is 0 Å². The first-order valence-corrected chi connectivity index (χ1v) is 9.84. The summed E-state index contributed by atoms with van der Waals surface area (Å²) in [6.45, 7) is -0.322. The van der Waals surface area contributed by atoms with Crippen molar-refractivity contribution in [1.82, 2.24) is 24.6 Å². The molecule has 0 saturated heterocycles.